The maximum Gasteiger partial charge on any atom is 0.264 e. The van der Waals surface area contributed by atoms with Gasteiger partial charge < -0.3 is 10.1 Å². The first-order valence-electron chi connectivity index (χ1n) is 8.99. The number of carbonyl (C=O) groups excluding carboxylic acids is 1. The molecule has 0 aliphatic heterocycles. The van der Waals surface area contributed by atoms with Crippen LogP contribution in [0.2, 0.25) is 0 Å². The average Bonchev–Trinajstić information content (AvgIpc) is 2.67. The molecule has 1 amide bonds. The van der Waals surface area contributed by atoms with Gasteiger partial charge in [0.1, 0.15) is 12.3 Å². The van der Waals surface area contributed by atoms with Crippen LogP contribution in [-0.4, -0.2) is 33.5 Å². The quantitative estimate of drug-likeness (QED) is 0.713. The summed E-state index contributed by atoms with van der Waals surface area (Å²) >= 11 is 0. The third-order valence-electron chi connectivity index (χ3n) is 4.07. The van der Waals surface area contributed by atoms with Crippen LogP contribution in [0, 0.1) is 0 Å². The molecule has 0 fully saturated rings. The number of ether oxygens (including phenoxy) is 1. The number of anilines is 1. The zero-order valence-electron chi connectivity index (χ0n) is 15.9. The van der Waals surface area contributed by atoms with Crippen molar-refractivity contribution in [3.63, 3.8) is 0 Å². The summed E-state index contributed by atoms with van der Waals surface area (Å²) < 4.78 is 33.2. The lowest BCUT2D eigenvalue weighted by molar-refractivity contribution is -0.120. The van der Waals surface area contributed by atoms with Gasteiger partial charge in [-0.3, -0.25) is 9.10 Å². The minimum absolute atomic E-state index is 0.0408. The van der Waals surface area contributed by atoms with Crippen LogP contribution in [0.25, 0.3) is 0 Å². The highest BCUT2D eigenvalue weighted by Gasteiger charge is 2.29. The predicted octanol–water partition coefficient (Wildman–Crippen LogP) is 3.20. The minimum atomic E-state index is -3.94. The van der Waals surface area contributed by atoms with Crippen LogP contribution in [0.5, 0.6) is 5.75 Å². The second-order valence-corrected chi connectivity index (χ2v) is 7.96. The fraction of sp³-hybridized carbons (Fsp3) is 0.350. The van der Waals surface area contributed by atoms with Crippen molar-refractivity contribution < 1.29 is 17.9 Å². The second-order valence-electron chi connectivity index (χ2n) is 6.10. The topological polar surface area (TPSA) is 75.7 Å². The standard InChI is InChI=1S/C20H26N2O4S/c1-4-16(3)21-20(23)15-22(18-13-9-10-14-19(18)26-5-2)27(24,25)17-11-7-6-8-12-17/h6-14,16H,4-5,15H2,1-3H3,(H,21,23). The lowest BCUT2D eigenvalue weighted by Gasteiger charge is -2.26. The molecule has 1 N–H and O–H groups in total. The fourth-order valence-corrected chi connectivity index (χ4v) is 3.97. The molecule has 0 aliphatic carbocycles. The summed E-state index contributed by atoms with van der Waals surface area (Å²) in [4.78, 5) is 12.6. The number of nitrogens with zero attached hydrogens (tertiary/aromatic N) is 1. The summed E-state index contributed by atoms with van der Waals surface area (Å²) in [5.41, 5.74) is 0.336. The molecule has 2 aromatic rings. The van der Waals surface area contributed by atoms with Gasteiger partial charge in [0.25, 0.3) is 10.0 Å². The van der Waals surface area contributed by atoms with Crippen molar-refractivity contribution in [2.24, 2.45) is 0 Å². The second kappa shape index (κ2) is 9.41. The Hall–Kier alpha value is -2.54. The van der Waals surface area contributed by atoms with Gasteiger partial charge in [0, 0.05) is 6.04 Å². The summed E-state index contributed by atoms with van der Waals surface area (Å²) in [6.45, 7) is 5.71. The van der Waals surface area contributed by atoms with Gasteiger partial charge in [-0.15, -0.1) is 0 Å². The fourth-order valence-electron chi connectivity index (χ4n) is 2.51. The van der Waals surface area contributed by atoms with Gasteiger partial charge in [0.05, 0.1) is 17.2 Å². The molecule has 0 radical (unpaired) electrons. The van der Waals surface area contributed by atoms with E-state index in [0.29, 0.717) is 18.0 Å². The Labute approximate surface area is 161 Å². The summed E-state index contributed by atoms with van der Waals surface area (Å²) in [5, 5.41) is 2.82. The number of hydrogen-bond acceptors (Lipinski definition) is 4. The number of hydrogen-bond donors (Lipinski definition) is 1. The van der Waals surface area contributed by atoms with Crippen LogP contribution in [-0.2, 0) is 14.8 Å². The Morgan fingerprint density at radius 1 is 1.07 bits per heavy atom. The molecule has 0 bridgehead atoms. The normalized spacial score (nSPS) is 12.3. The molecule has 27 heavy (non-hydrogen) atoms. The number of sulfonamides is 1. The maximum absolute atomic E-state index is 13.3. The van der Waals surface area contributed by atoms with E-state index in [1.54, 1.807) is 42.5 Å². The lowest BCUT2D eigenvalue weighted by Crippen LogP contribution is -2.43. The van der Waals surface area contributed by atoms with E-state index in [0.717, 1.165) is 10.7 Å². The number of carbonyl (C=O) groups is 1. The molecule has 146 valence electrons. The first-order chi connectivity index (χ1) is 12.9. The van der Waals surface area contributed by atoms with E-state index in [1.807, 2.05) is 20.8 Å². The highest BCUT2D eigenvalue weighted by atomic mass is 32.2. The SMILES string of the molecule is CCOc1ccccc1N(CC(=O)NC(C)CC)S(=O)(=O)c1ccccc1. The van der Waals surface area contributed by atoms with Gasteiger partial charge in [0.15, 0.2) is 0 Å². The Balaban J connectivity index is 2.48. The van der Waals surface area contributed by atoms with Crippen LogP contribution >= 0.6 is 0 Å². The molecule has 6 nitrogen and oxygen atoms in total. The molecule has 1 atom stereocenters. The number of rotatable bonds is 9. The number of para-hydroxylation sites is 2. The Morgan fingerprint density at radius 3 is 2.33 bits per heavy atom. The van der Waals surface area contributed by atoms with Crippen LogP contribution in [0.3, 0.4) is 0 Å². The summed E-state index contributed by atoms with van der Waals surface area (Å²) in [5.74, 6) is 0.0472. The molecule has 0 aliphatic rings. The minimum Gasteiger partial charge on any atom is -0.492 e. The summed E-state index contributed by atoms with van der Waals surface area (Å²) in [6.07, 6.45) is 0.757. The molecular weight excluding hydrogens is 364 g/mol. The summed E-state index contributed by atoms with van der Waals surface area (Å²) in [7, 11) is -3.94. The largest absolute Gasteiger partial charge is 0.492 e. The van der Waals surface area contributed by atoms with Crippen molar-refractivity contribution in [2.45, 2.75) is 38.1 Å². The zero-order valence-corrected chi connectivity index (χ0v) is 16.7. The van der Waals surface area contributed by atoms with E-state index in [2.05, 4.69) is 5.32 Å². The number of nitrogens with one attached hydrogen (secondary N) is 1. The smallest absolute Gasteiger partial charge is 0.264 e. The Kier molecular flexibility index (Phi) is 7.24. The van der Waals surface area contributed by atoms with Crippen LogP contribution in [0.15, 0.2) is 59.5 Å². The molecule has 0 aromatic heterocycles. The molecule has 0 spiro atoms. The molecular formula is C20H26N2O4S. The van der Waals surface area contributed by atoms with Gasteiger partial charge in [0.2, 0.25) is 5.91 Å². The first kappa shape index (κ1) is 20.8. The van der Waals surface area contributed by atoms with Gasteiger partial charge >= 0.3 is 0 Å². The predicted molar refractivity (Wildman–Crippen MR) is 106 cm³/mol. The van der Waals surface area contributed by atoms with E-state index < -0.39 is 10.0 Å². The molecule has 0 heterocycles. The monoisotopic (exact) mass is 390 g/mol. The number of benzene rings is 2. The van der Waals surface area contributed by atoms with E-state index in [-0.39, 0.29) is 23.4 Å². The molecule has 2 rings (SSSR count). The van der Waals surface area contributed by atoms with E-state index in [4.69, 9.17) is 4.74 Å². The van der Waals surface area contributed by atoms with E-state index >= 15 is 0 Å². The van der Waals surface area contributed by atoms with Gasteiger partial charge in [-0.2, -0.15) is 0 Å². The van der Waals surface area contributed by atoms with Crippen LogP contribution < -0.4 is 14.4 Å². The molecule has 7 heteroatoms. The van der Waals surface area contributed by atoms with Crippen LogP contribution in [0.4, 0.5) is 5.69 Å². The average molecular weight is 391 g/mol. The van der Waals surface area contributed by atoms with Crippen molar-refractivity contribution in [3.8, 4) is 5.75 Å². The highest BCUT2D eigenvalue weighted by Crippen LogP contribution is 2.32. The van der Waals surface area contributed by atoms with E-state index in [1.165, 1.54) is 12.1 Å². The van der Waals surface area contributed by atoms with Crippen molar-refractivity contribution in [1.82, 2.24) is 5.32 Å². The highest BCUT2D eigenvalue weighted by molar-refractivity contribution is 7.92. The Bertz CT molecular complexity index is 853. The lowest BCUT2D eigenvalue weighted by atomic mass is 10.2. The molecule has 2 aromatic carbocycles. The van der Waals surface area contributed by atoms with Crippen molar-refractivity contribution >= 4 is 21.6 Å². The summed E-state index contributed by atoms with van der Waals surface area (Å²) in [6, 6.07) is 14.8. The zero-order chi connectivity index (χ0) is 19.9. The maximum atomic E-state index is 13.3. The third-order valence-corrected chi connectivity index (χ3v) is 5.85. The molecule has 0 saturated heterocycles. The van der Waals surface area contributed by atoms with Crippen molar-refractivity contribution in [3.05, 3.63) is 54.6 Å². The number of amides is 1. The Morgan fingerprint density at radius 2 is 1.70 bits per heavy atom. The van der Waals surface area contributed by atoms with Gasteiger partial charge in [-0.1, -0.05) is 37.3 Å². The van der Waals surface area contributed by atoms with Gasteiger partial charge in [-0.25, -0.2) is 8.42 Å². The van der Waals surface area contributed by atoms with Gasteiger partial charge in [-0.05, 0) is 44.5 Å². The van der Waals surface area contributed by atoms with E-state index in [9.17, 15) is 13.2 Å². The van der Waals surface area contributed by atoms with Crippen LogP contribution in [0.1, 0.15) is 27.2 Å². The third kappa shape index (κ3) is 5.23. The first-order valence-corrected chi connectivity index (χ1v) is 10.4. The van der Waals surface area contributed by atoms with Crippen molar-refractivity contribution in [2.75, 3.05) is 17.5 Å². The molecule has 1 unspecified atom stereocenters. The van der Waals surface area contributed by atoms with Crippen molar-refractivity contribution in [1.29, 1.82) is 0 Å². The molecule has 0 saturated carbocycles.